The van der Waals surface area contributed by atoms with E-state index in [0.717, 1.165) is 38.3 Å². The first-order chi connectivity index (χ1) is 10.1. The van der Waals surface area contributed by atoms with Crippen LogP contribution < -0.4 is 5.73 Å². The average molecular weight is 295 g/mol. The maximum Gasteiger partial charge on any atom is 0.107 e. The molecular weight excluding hydrogens is 269 g/mol. The van der Waals surface area contributed by atoms with Crippen molar-refractivity contribution in [2.45, 2.75) is 18.7 Å². The number of methoxy groups -OCH3 is 1. The van der Waals surface area contributed by atoms with Gasteiger partial charge in [-0.2, -0.15) is 0 Å². The number of ether oxygens (including phenoxy) is 1. The monoisotopic (exact) mass is 295 g/mol. The Kier molecular flexibility index (Phi) is 6.11. The second-order valence-corrected chi connectivity index (χ2v) is 5.80. The lowest BCUT2D eigenvalue weighted by atomic mass is 10.0. The van der Waals surface area contributed by atoms with Gasteiger partial charge in [-0.05, 0) is 18.2 Å². The SMILES string of the molecule is COC(c1ccc(CN2CCN(C)CC2)cc1)C(N)CF. The van der Waals surface area contributed by atoms with Crippen LogP contribution in [0.5, 0.6) is 0 Å². The van der Waals surface area contributed by atoms with Crippen LogP contribution in [0.3, 0.4) is 0 Å². The summed E-state index contributed by atoms with van der Waals surface area (Å²) in [5.74, 6) is 0. The molecule has 2 N–H and O–H groups in total. The van der Waals surface area contributed by atoms with Crippen LogP contribution in [0.15, 0.2) is 24.3 Å². The van der Waals surface area contributed by atoms with Crippen LogP contribution in [0.1, 0.15) is 17.2 Å². The molecule has 0 spiro atoms. The molecule has 2 unspecified atom stereocenters. The lowest BCUT2D eigenvalue weighted by Crippen LogP contribution is -2.43. The van der Waals surface area contributed by atoms with Crippen molar-refractivity contribution >= 4 is 0 Å². The number of hydrogen-bond donors (Lipinski definition) is 1. The van der Waals surface area contributed by atoms with Crippen LogP contribution in [0, 0.1) is 0 Å². The summed E-state index contributed by atoms with van der Waals surface area (Å²) < 4.78 is 18.0. The molecule has 21 heavy (non-hydrogen) atoms. The van der Waals surface area contributed by atoms with Gasteiger partial charge in [0.25, 0.3) is 0 Å². The van der Waals surface area contributed by atoms with Crippen molar-refractivity contribution in [2.24, 2.45) is 5.73 Å². The molecule has 118 valence electrons. The molecule has 4 nitrogen and oxygen atoms in total. The van der Waals surface area contributed by atoms with Gasteiger partial charge in [-0.15, -0.1) is 0 Å². The van der Waals surface area contributed by atoms with Gasteiger partial charge in [0.05, 0.1) is 12.1 Å². The number of halogens is 1. The summed E-state index contributed by atoms with van der Waals surface area (Å²) in [4.78, 5) is 4.80. The van der Waals surface area contributed by atoms with E-state index in [-0.39, 0.29) is 6.10 Å². The predicted molar refractivity (Wildman–Crippen MR) is 82.9 cm³/mol. The quantitative estimate of drug-likeness (QED) is 0.862. The number of alkyl halides is 1. The highest BCUT2D eigenvalue weighted by Crippen LogP contribution is 2.21. The first-order valence-electron chi connectivity index (χ1n) is 7.48. The minimum atomic E-state index is -0.613. The van der Waals surface area contributed by atoms with Crippen LogP contribution in [-0.2, 0) is 11.3 Å². The van der Waals surface area contributed by atoms with E-state index in [9.17, 15) is 4.39 Å². The summed E-state index contributed by atoms with van der Waals surface area (Å²) in [5, 5.41) is 0. The molecule has 1 fully saturated rings. The molecule has 1 heterocycles. The summed E-state index contributed by atoms with van der Waals surface area (Å²) in [5.41, 5.74) is 7.95. The second kappa shape index (κ2) is 7.84. The first kappa shape index (κ1) is 16.4. The summed E-state index contributed by atoms with van der Waals surface area (Å²) in [7, 11) is 3.73. The van der Waals surface area contributed by atoms with E-state index in [2.05, 4.69) is 29.0 Å². The molecule has 0 amide bonds. The smallest absolute Gasteiger partial charge is 0.107 e. The highest BCUT2D eigenvalue weighted by atomic mass is 19.1. The zero-order chi connectivity index (χ0) is 15.2. The Bertz CT molecular complexity index is 418. The van der Waals surface area contributed by atoms with Gasteiger partial charge in [-0.25, -0.2) is 4.39 Å². The molecular formula is C16H26FN3O. The van der Waals surface area contributed by atoms with Gasteiger partial charge in [0.15, 0.2) is 0 Å². The molecule has 1 saturated heterocycles. The number of likely N-dealkylation sites (N-methyl/N-ethyl adjacent to an activating group) is 1. The third-order valence-electron chi connectivity index (χ3n) is 4.13. The number of hydrogen-bond acceptors (Lipinski definition) is 4. The molecule has 2 atom stereocenters. The Labute approximate surface area is 126 Å². The fourth-order valence-electron chi connectivity index (χ4n) is 2.72. The van der Waals surface area contributed by atoms with Crippen LogP contribution >= 0.6 is 0 Å². The summed E-state index contributed by atoms with van der Waals surface area (Å²) >= 11 is 0. The van der Waals surface area contributed by atoms with E-state index in [0.29, 0.717) is 0 Å². The number of piperazine rings is 1. The standard InChI is InChI=1S/C16H26FN3O/c1-19-7-9-20(10-8-19)12-13-3-5-14(6-4-13)16(21-2)15(18)11-17/h3-6,15-16H,7-12,18H2,1-2H3. The van der Waals surface area contributed by atoms with Crippen LogP contribution in [0.4, 0.5) is 4.39 Å². The van der Waals surface area contributed by atoms with Crippen molar-refractivity contribution in [3.05, 3.63) is 35.4 Å². The maximum atomic E-state index is 12.7. The van der Waals surface area contributed by atoms with Crippen molar-refractivity contribution < 1.29 is 9.13 Å². The highest BCUT2D eigenvalue weighted by Gasteiger charge is 2.19. The highest BCUT2D eigenvalue weighted by molar-refractivity contribution is 5.25. The van der Waals surface area contributed by atoms with Crippen LogP contribution in [-0.4, -0.2) is 62.9 Å². The largest absolute Gasteiger partial charge is 0.375 e. The van der Waals surface area contributed by atoms with Crippen LogP contribution in [0.2, 0.25) is 0 Å². The predicted octanol–water partition coefficient (Wildman–Crippen LogP) is 1.42. The Morgan fingerprint density at radius 3 is 2.33 bits per heavy atom. The summed E-state index contributed by atoms with van der Waals surface area (Å²) in [6, 6.07) is 7.55. The minimum Gasteiger partial charge on any atom is -0.375 e. The third kappa shape index (κ3) is 4.48. The van der Waals surface area contributed by atoms with E-state index in [1.807, 2.05) is 12.1 Å². The third-order valence-corrected chi connectivity index (χ3v) is 4.13. The Morgan fingerprint density at radius 1 is 1.19 bits per heavy atom. The molecule has 1 aromatic rings. The Balaban J connectivity index is 1.95. The number of nitrogens with two attached hydrogens (primary N) is 1. The van der Waals surface area contributed by atoms with E-state index >= 15 is 0 Å². The molecule has 2 rings (SSSR count). The van der Waals surface area contributed by atoms with Gasteiger partial charge < -0.3 is 15.4 Å². The fourth-order valence-corrected chi connectivity index (χ4v) is 2.72. The minimum absolute atomic E-state index is 0.382. The second-order valence-electron chi connectivity index (χ2n) is 5.80. The molecule has 0 aliphatic carbocycles. The van der Waals surface area contributed by atoms with E-state index in [1.165, 1.54) is 5.56 Å². The van der Waals surface area contributed by atoms with Crippen molar-refractivity contribution in [3.63, 3.8) is 0 Å². The average Bonchev–Trinajstić information content (AvgIpc) is 2.51. The molecule has 0 aromatic heterocycles. The van der Waals surface area contributed by atoms with Crippen molar-refractivity contribution in [1.82, 2.24) is 9.80 Å². The zero-order valence-corrected chi connectivity index (χ0v) is 13.0. The van der Waals surface area contributed by atoms with E-state index in [4.69, 9.17) is 10.5 Å². The molecule has 1 aliphatic heterocycles. The van der Waals surface area contributed by atoms with Gasteiger partial charge in [0, 0.05) is 39.8 Å². The molecule has 0 radical (unpaired) electrons. The van der Waals surface area contributed by atoms with Crippen LogP contribution in [0.25, 0.3) is 0 Å². The molecule has 1 aliphatic rings. The molecule has 1 aromatic carbocycles. The number of benzene rings is 1. The summed E-state index contributed by atoms with van der Waals surface area (Å²) in [6.07, 6.45) is -0.382. The van der Waals surface area contributed by atoms with Gasteiger partial charge in [0.1, 0.15) is 6.67 Å². The van der Waals surface area contributed by atoms with Crippen molar-refractivity contribution in [2.75, 3.05) is 47.0 Å². The van der Waals surface area contributed by atoms with Gasteiger partial charge >= 0.3 is 0 Å². The molecule has 0 bridgehead atoms. The number of rotatable bonds is 6. The van der Waals surface area contributed by atoms with Gasteiger partial charge in [0.2, 0.25) is 0 Å². The van der Waals surface area contributed by atoms with E-state index < -0.39 is 12.7 Å². The first-order valence-corrected chi connectivity index (χ1v) is 7.48. The Morgan fingerprint density at radius 2 is 1.81 bits per heavy atom. The van der Waals surface area contributed by atoms with Crippen molar-refractivity contribution in [3.8, 4) is 0 Å². The zero-order valence-electron chi connectivity index (χ0n) is 13.0. The summed E-state index contributed by atoms with van der Waals surface area (Å²) in [6.45, 7) is 4.82. The van der Waals surface area contributed by atoms with Gasteiger partial charge in [-0.1, -0.05) is 24.3 Å². The topological polar surface area (TPSA) is 41.7 Å². The lowest BCUT2D eigenvalue weighted by molar-refractivity contribution is 0.0720. The maximum absolute atomic E-state index is 12.7. The fraction of sp³-hybridized carbons (Fsp3) is 0.625. The molecule has 0 saturated carbocycles. The van der Waals surface area contributed by atoms with Gasteiger partial charge in [-0.3, -0.25) is 4.90 Å². The number of nitrogens with zero attached hydrogens (tertiary/aromatic N) is 2. The van der Waals surface area contributed by atoms with E-state index in [1.54, 1.807) is 7.11 Å². The molecule has 5 heteroatoms. The van der Waals surface area contributed by atoms with Crippen molar-refractivity contribution in [1.29, 1.82) is 0 Å². The normalized spacial score (nSPS) is 20.4. The Hall–Kier alpha value is -1.01. The lowest BCUT2D eigenvalue weighted by Gasteiger charge is -2.32.